The van der Waals surface area contributed by atoms with Crippen molar-refractivity contribution < 1.29 is 9.53 Å². The van der Waals surface area contributed by atoms with E-state index in [9.17, 15) is 4.79 Å². The van der Waals surface area contributed by atoms with E-state index in [0.717, 1.165) is 12.8 Å². The van der Waals surface area contributed by atoms with Crippen molar-refractivity contribution in [2.24, 2.45) is 5.73 Å². The monoisotopic (exact) mass is 200 g/mol. The number of nitrogens with one attached hydrogen (secondary N) is 1. The van der Waals surface area contributed by atoms with E-state index in [1.54, 1.807) is 0 Å². The van der Waals surface area contributed by atoms with Crippen molar-refractivity contribution in [3.8, 4) is 0 Å². The van der Waals surface area contributed by atoms with Crippen LogP contribution in [0.15, 0.2) is 0 Å². The van der Waals surface area contributed by atoms with Gasteiger partial charge in [0.1, 0.15) is 5.54 Å². The maximum absolute atomic E-state index is 11.4. The Labute approximate surface area is 85.2 Å². The van der Waals surface area contributed by atoms with Gasteiger partial charge in [-0.25, -0.2) is 0 Å². The molecular formula is C10H20N2O2. The van der Waals surface area contributed by atoms with Crippen LogP contribution in [-0.4, -0.2) is 30.2 Å². The molecule has 0 radical (unpaired) electrons. The van der Waals surface area contributed by atoms with Gasteiger partial charge in [-0.2, -0.15) is 0 Å². The number of hydrogen-bond donors (Lipinski definition) is 2. The molecule has 82 valence electrons. The summed E-state index contributed by atoms with van der Waals surface area (Å²) >= 11 is 0. The second-order valence-corrected chi connectivity index (χ2v) is 4.41. The Morgan fingerprint density at radius 2 is 2.29 bits per heavy atom. The Morgan fingerprint density at radius 1 is 1.64 bits per heavy atom. The first-order valence-electron chi connectivity index (χ1n) is 5.15. The quantitative estimate of drug-likeness (QED) is 0.693. The van der Waals surface area contributed by atoms with Crippen LogP contribution in [0.4, 0.5) is 0 Å². The molecule has 1 saturated heterocycles. The van der Waals surface area contributed by atoms with Crippen molar-refractivity contribution in [2.75, 3.05) is 6.61 Å². The Bertz CT molecular complexity index is 208. The van der Waals surface area contributed by atoms with Crippen LogP contribution in [0.3, 0.4) is 0 Å². The normalized spacial score (nSPS) is 33.3. The van der Waals surface area contributed by atoms with Crippen LogP contribution >= 0.6 is 0 Å². The van der Waals surface area contributed by atoms with Crippen molar-refractivity contribution in [1.29, 1.82) is 0 Å². The predicted molar refractivity (Wildman–Crippen MR) is 54.8 cm³/mol. The first kappa shape index (κ1) is 11.5. The van der Waals surface area contributed by atoms with Gasteiger partial charge >= 0.3 is 0 Å². The van der Waals surface area contributed by atoms with Crippen LogP contribution in [0.5, 0.6) is 0 Å². The van der Waals surface area contributed by atoms with Crippen LogP contribution < -0.4 is 11.1 Å². The van der Waals surface area contributed by atoms with Crippen molar-refractivity contribution in [3.05, 3.63) is 0 Å². The molecule has 1 aliphatic rings. The van der Waals surface area contributed by atoms with Gasteiger partial charge in [0.15, 0.2) is 0 Å². The van der Waals surface area contributed by atoms with Crippen molar-refractivity contribution in [1.82, 2.24) is 5.32 Å². The van der Waals surface area contributed by atoms with Gasteiger partial charge in [0, 0.05) is 6.04 Å². The van der Waals surface area contributed by atoms with E-state index in [0.29, 0.717) is 6.61 Å². The fraction of sp³-hybridized carbons (Fsp3) is 0.900. The summed E-state index contributed by atoms with van der Waals surface area (Å²) in [4.78, 5) is 11.4. The summed E-state index contributed by atoms with van der Waals surface area (Å²) in [6.07, 6.45) is 1.88. The number of carbonyl (C=O) groups is 1. The number of rotatable bonds is 3. The molecule has 2 unspecified atom stereocenters. The maximum atomic E-state index is 11.4. The lowest BCUT2D eigenvalue weighted by molar-refractivity contribution is -0.133. The van der Waals surface area contributed by atoms with E-state index < -0.39 is 5.54 Å². The zero-order valence-electron chi connectivity index (χ0n) is 9.17. The molecule has 1 heterocycles. The van der Waals surface area contributed by atoms with Gasteiger partial charge in [-0.3, -0.25) is 10.1 Å². The smallest absolute Gasteiger partial charge is 0.240 e. The fourth-order valence-electron chi connectivity index (χ4n) is 1.82. The van der Waals surface area contributed by atoms with E-state index in [2.05, 4.69) is 5.32 Å². The summed E-state index contributed by atoms with van der Waals surface area (Å²) in [6, 6.07) is 0.236. The number of primary amides is 1. The molecule has 1 fully saturated rings. The molecule has 0 aromatic heterocycles. The average molecular weight is 200 g/mol. The third-order valence-electron chi connectivity index (χ3n) is 2.63. The van der Waals surface area contributed by atoms with Gasteiger partial charge in [0.2, 0.25) is 5.91 Å². The SMILES string of the molecule is CC(C)NC1(C(N)=O)CCC(C)OC1. The minimum absolute atomic E-state index is 0.233. The Kier molecular flexibility index (Phi) is 3.50. The highest BCUT2D eigenvalue weighted by atomic mass is 16.5. The standard InChI is InChI=1S/C10H20N2O2/c1-7(2)12-10(9(11)13)5-4-8(3)14-6-10/h7-8,12H,4-6H2,1-3H3,(H2,11,13). The largest absolute Gasteiger partial charge is 0.376 e. The highest BCUT2D eigenvalue weighted by Gasteiger charge is 2.40. The zero-order chi connectivity index (χ0) is 10.8. The molecule has 4 heteroatoms. The molecule has 0 aromatic carbocycles. The van der Waals surface area contributed by atoms with Gasteiger partial charge in [-0.05, 0) is 33.6 Å². The number of nitrogens with two attached hydrogens (primary N) is 1. The van der Waals surface area contributed by atoms with Crippen LogP contribution in [-0.2, 0) is 9.53 Å². The van der Waals surface area contributed by atoms with Crippen LogP contribution in [0.2, 0.25) is 0 Å². The zero-order valence-corrected chi connectivity index (χ0v) is 9.17. The van der Waals surface area contributed by atoms with Crippen LogP contribution in [0.1, 0.15) is 33.6 Å². The van der Waals surface area contributed by atoms with Gasteiger partial charge in [0.25, 0.3) is 0 Å². The van der Waals surface area contributed by atoms with Crippen LogP contribution in [0.25, 0.3) is 0 Å². The van der Waals surface area contributed by atoms with E-state index in [1.165, 1.54) is 0 Å². The van der Waals surface area contributed by atoms with Crippen molar-refractivity contribution in [3.63, 3.8) is 0 Å². The van der Waals surface area contributed by atoms with Gasteiger partial charge in [-0.15, -0.1) is 0 Å². The number of ether oxygens (including phenoxy) is 1. The summed E-state index contributed by atoms with van der Waals surface area (Å²) < 4.78 is 5.49. The topological polar surface area (TPSA) is 64.3 Å². The van der Waals surface area contributed by atoms with E-state index >= 15 is 0 Å². The Morgan fingerprint density at radius 3 is 2.64 bits per heavy atom. The number of carbonyl (C=O) groups excluding carboxylic acids is 1. The highest BCUT2D eigenvalue weighted by molar-refractivity contribution is 5.85. The fourth-order valence-corrected chi connectivity index (χ4v) is 1.82. The van der Waals surface area contributed by atoms with Gasteiger partial charge in [-0.1, -0.05) is 0 Å². The Balaban J connectivity index is 2.68. The summed E-state index contributed by atoms with van der Waals surface area (Å²) in [5, 5.41) is 3.22. The third kappa shape index (κ3) is 2.45. The van der Waals surface area contributed by atoms with Crippen molar-refractivity contribution >= 4 is 5.91 Å². The molecule has 0 aromatic rings. The first-order valence-corrected chi connectivity index (χ1v) is 5.15. The molecule has 4 nitrogen and oxygen atoms in total. The molecule has 2 atom stereocenters. The molecule has 0 spiro atoms. The lowest BCUT2D eigenvalue weighted by Crippen LogP contribution is -2.62. The number of amides is 1. The molecule has 14 heavy (non-hydrogen) atoms. The molecule has 0 saturated carbocycles. The molecule has 0 aliphatic carbocycles. The number of hydrogen-bond acceptors (Lipinski definition) is 3. The Hall–Kier alpha value is -0.610. The maximum Gasteiger partial charge on any atom is 0.240 e. The molecular weight excluding hydrogens is 180 g/mol. The molecule has 1 rings (SSSR count). The molecule has 0 bridgehead atoms. The highest BCUT2D eigenvalue weighted by Crippen LogP contribution is 2.23. The lowest BCUT2D eigenvalue weighted by atomic mass is 9.89. The lowest BCUT2D eigenvalue weighted by Gasteiger charge is -2.38. The molecule has 1 aliphatic heterocycles. The van der Waals surface area contributed by atoms with E-state index in [4.69, 9.17) is 10.5 Å². The van der Waals surface area contributed by atoms with E-state index in [-0.39, 0.29) is 18.1 Å². The first-order chi connectivity index (χ1) is 6.46. The summed E-state index contributed by atoms with van der Waals surface area (Å²) in [6.45, 7) is 6.41. The summed E-state index contributed by atoms with van der Waals surface area (Å²) in [5.74, 6) is -0.307. The van der Waals surface area contributed by atoms with Crippen molar-refractivity contribution in [2.45, 2.75) is 51.3 Å². The van der Waals surface area contributed by atoms with Gasteiger partial charge < -0.3 is 10.5 Å². The van der Waals surface area contributed by atoms with Gasteiger partial charge in [0.05, 0.1) is 12.7 Å². The van der Waals surface area contributed by atoms with E-state index in [1.807, 2.05) is 20.8 Å². The summed E-state index contributed by atoms with van der Waals surface area (Å²) in [5.41, 5.74) is 4.76. The summed E-state index contributed by atoms with van der Waals surface area (Å²) in [7, 11) is 0. The minimum atomic E-state index is -0.652. The predicted octanol–water partition coefficient (Wildman–Crippen LogP) is 0.407. The second-order valence-electron chi connectivity index (χ2n) is 4.41. The van der Waals surface area contributed by atoms with Crippen LogP contribution in [0, 0.1) is 0 Å². The molecule has 3 N–H and O–H groups in total. The average Bonchev–Trinajstić information content (AvgIpc) is 2.08. The molecule has 1 amide bonds. The third-order valence-corrected chi connectivity index (χ3v) is 2.63. The second kappa shape index (κ2) is 4.28. The minimum Gasteiger partial charge on any atom is -0.376 e.